The zero-order chi connectivity index (χ0) is 14.8. The van der Waals surface area contributed by atoms with E-state index in [0.29, 0.717) is 12.3 Å². The molecule has 1 fully saturated rings. The van der Waals surface area contributed by atoms with E-state index in [4.69, 9.17) is 4.74 Å². The molecule has 2 rings (SSSR count). The van der Waals surface area contributed by atoms with Crippen molar-refractivity contribution in [1.29, 1.82) is 0 Å². The van der Waals surface area contributed by atoms with Gasteiger partial charge in [0, 0.05) is 13.5 Å². The van der Waals surface area contributed by atoms with Crippen molar-refractivity contribution < 1.29 is 9.53 Å². The highest BCUT2D eigenvalue weighted by atomic mass is 16.5. The van der Waals surface area contributed by atoms with E-state index in [9.17, 15) is 4.79 Å². The number of rotatable bonds is 4. The van der Waals surface area contributed by atoms with Crippen LogP contribution in [0.15, 0.2) is 18.2 Å². The summed E-state index contributed by atoms with van der Waals surface area (Å²) in [5.74, 6) is 0.965. The van der Waals surface area contributed by atoms with Gasteiger partial charge in [-0.3, -0.25) is 4.79 Å². The van der Waals surface area contributed by atoms with Gasteiger partial charge >= 0.3 is 0 Å². The van der Waals surface area contributed by atoms with Crippen molar-refractivity contribution in [1.82, 2.24) is 0 Å². The Morgan fingerprint density at radius 1 is 1.30 bits per heavy atom. The smallest absolute Gasteiger partial charge is 0.168 e. The molecule has 0 spiro atoms. The van der Waals surface area contributed by atoms with Crippen LogP contribution in [0.2, 0.25) is 0 Å². The molecule has 0 atom stereocenters. The molecule has 0 aliphatic heterocycles. The summed E-state index contributed by atoms with van der Waals surface area (Å²) in [4.78, 5) is 12.8. The topological polar surface area (TPSA) is 26.3 Å². The summed E-state index contributed by atoms with van der Waals surface area (Å²) in [7, 11) is 1.69. The first-order chi connectivity index (χ1) is 9.47. The van der Waals surface area contributed by atoms with Gasteiger partial charge in [-0.05, 0) is 56.6 Å². The van der Waals surface area contributed by atoms with E-state index >= 15 is 0 Å². The van der Waals surface area contributed by atoms with Gasteiger partial charge in [0.2, 0.25) is 0 Å². The molecule has 0 bridgehead atoms. The predicted octanol–water partition coefficient (Wildman–Crippen LogP) is 4.01. The standard InChI is InChI=1S/C18H26O2/c1-13-7-9-18(20-4,10-8-13)17(19)12-16-11-14(2)5-6-15(16)3/h5-6,11,13H,7-10,12H2,1-4H3. The highest BCUT2D eigenvalue weighted by Gasteiger charge is 2.40. The van der Waals surface area contributed by atoms with Crippen LogP contribution in [0.4, 0.5) is 0 Å². The second-order valence-corrected chi connectivity index (χ2v) is 6.41. The zero-order valence-corrected chi connectivity index (χ0v) is 13.2. The summed E-state index contributed by atoms with van der Waals surface area (Å²) in [6, 6.07) is 6.32. The summed E-state index contributed by atoms with van der Waals surface area (Å²) >= 11 is 0. The summed E-state index contributed by atoms with van der Waals surface area (Å²) < 4.78 is 5.68. The van der Waals surface area contributed by atoms with E-state index in [1.807, 2.05) is 0 Å². The van der Waals surface area contributed by atoms with Gasteiger partial charge in [0.05, 0.1) is 0 Å². The molecule has 2 heteroatoms. The Bertz CT molecular complexity index is 482. The fraction of sp³-hybridized carbons (Fsp3) is 0.611. The minimum atomic E-state index is -0.539. The Labute approximate surface area is 122 Å². The largest absolute Gasteiger partial charge is 0.370 e. The highest BCUT2D eigenvalue weighted by molar-refractivity contribution is 5.89. The van der Waals surface area contributed by atoms with Crippen LogP contribution < -0.4 is 0 Å². The van der Waals surface area contributed by atoms with Gasteiger partial charge in [0.1, 0.15) is 5.60 Å². The van der Waals surface area contributed by atoms with Gasteiger partial charge in [0.15, 0.2) is 5.78 Å². The molecular formula is C18H26O2. The van der Waals surface area contributed by atoms with Crippen molar-refractivity contribution in [2.24, 2.45) is 5.92 Å². The first-order valence-corrected chi connectivity index (χ1v) is 7.61. The lowest BCUT2D eigenvalue weighted by molar-refractivity contribution is -0.145. The van der Waals surface area contributed by atoms with Crippen LogP contribution in [0.5, 0.6) is 0 Å². The van der Waals surface area contributed by atoms with E-state index in [-0.39, 0.29) is 5.78 Å². The molecule has 1 aromatic carbocycles. The number of hydrogen-bond acceptors (Lipinski definition) is 2. The Kier molecular flexibility index (Phi) is 4.64. The molecule has 0 N–H and O–H groups in total. The summed E-state index contributed by atoms with van der Waals surface area (Å²) in [6.07, 6.45) is 4.41. The number of ether oxygens (including phenoxy) is 1. The van der Waals surface area contributed by atoms with Crippen molar-refractivity contribution >= 4 is 5.78 Å². The van der Waals surface area contributed by atoms with Crippen LogP contribution in [0.1, 0.15) is 49.3 Å². The molecule has 2 nitrogen and oxygen atoms in total. The number of hydrogen-bond donors (Lipinski definition) is 0. The van der Waals surface area contributed by atoms with Crippen molar-refractivity contribution in [2.45, 2.75) is 58.5 Å². The van der Waals surface area contributed by atoms with Crippen LogP contribution in [-0.2, 0) is 16.0 Å². The van der Waals surface area contributed by atoms with E-state index in [2.05, 4.69) is 39.0 Å². The Morgan fingerprint density at radius 2 is 1.95 bits per heavy atom. The lowest BCUT2D eigenvalue weighted by Crippen LogP contribution is -2.44. The molecule has 0 amide bonds. The average molecular weight is 274 g/mol. The number of benzene rings is 1. The summed E-state index contributed by atoms with van der Waals surface area (Å²) in [6.45, 7) is 6.40. The summed E-state index contributed by atoms with van der Waals surface area (Å²) in [5, 5.41) is 0. The van der Waals surface area contributed by atoms with Gasteiger partial charge in [-0.2, -0.15) is 0 Å². The third-order valence-corrected chi connectivity index (χ3v) is 4.84. The number of methoxy groups -OCH3 is 1. The van der Waals surface area contributed by atoms with Crippen LogP contribution >= 0.6 is 0 Å². The zero-order valence-electron chi connectivity index (χ0n) is 13.2. The third kappa shape index (κ3) is 3.12. The van der Waals surface area contributed by atoms with Gasteiger partial charge in [-0.15, -0.1) is 0 Å². The lowest BCUT2D eigenvalue weighted by atomic mass is 9.75. The Balaban J connectivity index is 2.15. The Hall–Kier alpha value is -1.15. The van der Waals surface area contributed by atoms with Crippen LogP contribution in [-0.4, -0.2) is 18.5 Å². The third-order valence-electron chi connectivity index (χ3n) is 4.84. The molecule has 0 aromatic heterocycles. The highest BCUT2D eigenvalue weighted by Crippen LogP contribution is 2.36. The fourth-order valence-corrected chi connectivity index (χ4v) is 3.15. The molecule has 0 heterocycles. The maximum Gasteiger partial charge on any atom is 0.168 e. The molecule has 1 aromatic rings. The van der Waals surface area contributed by atoms with Gasteiger partial charge < -0.3 is 4.74 Å². The minimum Gasteiger partial charge on any atom is -0.370 e. The first-order valence-electron chi connectivity index (χ1n) is 7.61. The molecule has 110 valence electrons. The monoisotopic (exact) mass is 274 g/mol. The number of Topliss-reactive ketones (excluding diaryl/α,β-unsaturated/α-hetero) is 1. The van der Waals surface area contributed by atoms with Crippen LogP contribution in [0, 0.1) is 19.8 Å². The van der Waals surface area contributed by atoms with Crippen LogP contribution in [0.25, 0.3) is 0 Å². The van der Waals surface area contributed by atoms with Crippen LogP contribution in [0.3, 0.4) is 0 Å². The predicted molar refractivity (Wildman–Crippen MR) is 82.0 cm³/mol. The Morgan fingerprint density at radius 3 is 2.55 bits per heavy atom. The van der Waals surface area contributed by atoms with E-state index < -0.39 is 5.60 Å². The lowest BCUT2D eigenvalue weighted by Gasteiger charge is -2.37. The molecular weight excluding hydrogens is 248 g/mol. The quantitative estimate of drug-likeness (QED) is 0.829. The van der Waals surface area contributed by atoms with E-state index in [0.717, 1.165) is 31.2 Å². The van der Waals surface area contributed by atoms with Crippen molar-refractivity contribution in [3.8, 4) is 0 Å². The van der Waals surface area contributed by atoms with Gasteiger partial charge in [-0.25, -0.2) is 0 Å². The van der Waals surface area contributed by atoms with Crippen molar-refractivity contribution in [3.63, 3.8) is 0 Å². The van der Waals surface area contributed by atoms with Gasteiger partial charge in [0.25, 0.3) is 0 Å². The molecule has 0 saturated heterocycles. The molecule has 1 aliphatic carbocycles. The molecule has 0 unspecified atom stereocenters. The molecule has 0 radical (unpaired) electrons. The normalized spacial score (nSPS) is 26.5. The van der Waals surface area contributed by atoms with Crippen molar-refractivity contribution in [3.05, 3.63) is 34.9 Å². The SMILES string of the molecule is COC1(C(=O)Cc2cc(C)ccc2C)CCC(C)CC1. The average Bonchev–Trinajstić information content (AvgIpc) is 2.44. The van der Waals surface area contributed by atoms with E-state index in [1.165, 1.54) is 11.1 Å². The number of aryl methyl sites for hydroxylation is 2. The summed E-state index contributed by atoms with van der Waals surface area (Å²) in [5.41, 5.74) is 3.01. The maximum atomic E-state index is 12.8. The molecule has 20 heavy (non-hydrogen) atoms. The maximum absolute atomic E-state index is 12.8. The second-order valence-electron chi connectivity index (χ2n) is 6.41. The first kappa shape index (κ1) is 15.2. The molecule has 1 aliphatic rings. The van der Waals surface area contributed by atoms with E-state index in [1.54, 1.807) is 7.11 Å². The number of carbonyl (C=O) groups is 1. The van der Waals surface area contributed by atoms with Gasteiger partial charge in [-0.1, -0.05) is 30.7 Å². The van der Waals surface area contributed by atoms with Crippen molar-refractivity contribution in [2.75, 3.05) is 7.11 Å². The second kappa shape index (κ2) is 6.09. The molecule has 1 saturated carbocycles. The number of ketones is 1. The number of carbonyl (C=O) groups excluding carboxylic acids is 1. The minimum absolute atomic E-state index is 0.251. The fourth-order valence-electron chi connectivity index (χ4n) is 3.15.